The Kier molecular flexibility index (Phi) is 3.98. The average molecular weight is 291 g/mol. The molecule has 0 atom stereocenters. The van der Waals surface area contributed by atoms with Crippen LogP contribution in [0, 0.1) is 0 Å². The lowest BCUT2D eigenvalue weighted by molar-refractivity contribution is 0.0696. The van der Waals surface area contributed by atoms with Crippen LogP contribution in [0.15, 0.2) is 16.4 Å². The molecule has 1 amide bonds. The second-order valence-electron chi connectivity index (χ2n) is 2.54. The maximum absolute atomic E-state index is 11.4. The lowest BCUT2D eigenvalue weighted by atomic mass is 10.4. The minimum absolute atomic E-state index is 0.0992. The third-order valence-corrected chi connectivity index (χ3v) is 2.47. The van der Waals surface area contributed by atoms with Crippen LogP contribution in [0.5, 0.6) is 0 Å². The van der Waals surface area contributed by atoms with Crippen LogP contribution in [0.25, 0.3) is 0 Å². The summed E-state index contributed by atoms with van der Waals surface area (Å²) in [4.78, 5) is 25.5. The van der Waals surface area contributed by atoms with Crippen LogP contribution >= 0.6 is 27.3 Å². The van der Waals surface area contributed by atoms with Gasteiger partial charge in [0.15, 0.2) is 0 Å². The number of aromatic nitrogens is 1. The molecule has 0 aromatic carbocycles. The van der Waals surface area contributed by atoms with Gasteiger partial charge in [0.05, 0.1) is 0 Å². The first-order chi connectivity index (χ1) is 7.00. The summed E-state index contributed by atoms with van der Waals surface area (Å²) in [5, 5.41) is 12.4. The Morgan fingerprint density at radius 1 is 1.67 bits per heavy atom. The highest BCUT2D eigenvalue weighted by Gasteiger charge is 2.13. The lowest BCUT2D eigenvalue weighted by Crippen LogP contribution is -2.24. The van der Waals surface area contributed by atoms with E-state index in [0.29, 0.717) is 4.48 Å². The Morgan fingerprint density at radius 2 is 2.33 bits per heavy atom. The molecule has 0 bridgehead atoms. The predicted octanol–water partition coefficient (Wildman–Crippen LogP) is 1.48. The average Bonchev–Trinajstić information content (AvgIpc) is 2.62. The zero-order valence-electron chi connectivity index (χ0n) is 7.49. The highest BCUT2D eigenvalue weighted by Crippen LogP contribution is 2.09. The molecule has 0 spiro atoms. The number of hydrogen-bond acceptors (Lipinski definition) is 4. The van der Waals surface area contributed by atoms with Gasteiger partial charge in [-0.2, -0.15) is 0 Å². The molecule has 0 saturated carbocycles. The standard InChI is InChI=1S/C8H7BrN2O3S/c1-4(9)2-10-6(12)5-3-15-7(11-5)8(13)14/h3H,1-2H2,(H,10,12)(H,13,14). The van der Waals surface area contributed by atoms with E-state index in [1.807, 2.05) is 0 Å². The number of carbonyl (C=O) groups excluding carboxylic acids is 1. The van der Waals surface area contributed by atoms with Gasteiger partial charge >= 0.3 is 5.97 Å². The molecular formula is C8H7BrN2O3S. The van der Waals surface area contributed by atoms with Crippen molar-refractivity contribution in [3.05, 3.63) is 27.1 Å². The SMILES string of the molecule is C=C(Br)CNC(=O)c1csc(C(=O)O)n1. The number of aromatic carboxylic acids is 1. The maximum Gasteiger partial charge on any atom is 0.365 e. The van der Waals surface area contributed by atoms with Gasteiger partial charge in [-0.05, 0) is 0 Å². The third kappa shape index (κ3) is 3.45. The second kappa shape index (κ2) is 5.04. The molecule has 0 fully saturated rings. The Balaban J connectivity index is 2.66. The van der Waals surface area contributed by atoms with E-state index in [1.54, 1.807) is 0 Å². The molecule has 0 aliphatic rings. The molecule has 80 valence electrons. The van der Waals surface area contributed by atoms with Crippen molar-refractivity contribution in [2.24, 2.45) is 0 Å². The van der Waals surface area contributed by atoms with Crippen molar-refractivity contribution in [2.75, 3.05) is 6.54 Å². The molecule has 0 saturated heterocycles. The quantitative estimate of drug-likeness (QED) is 0.880. The molecular weight excluding hydrogens is 284 g/mol. The number of rotatable bonds is 4. The highest BCUT2D eigenvalue weighted by atomic mass is 79.9. The van der Waals surface area contributed by atoms with Gasteiger partial charge in [-0.25, -0.2) is 9.78 Å². The number of thiazole rings is 1. The van der Waals surface area contributed by atoms with Crippen LogP contribution in [0.1, 0.15) is 20.3 Å². The summed E-state index contributed by atoms with van der Waals surface area (Å²) in [5.74, 6) is -1.55. The molecule has 0 unspecified atom stereocenters. The Bertz CT molecular complexity index is 416. The van der Waals surface area contributed by atoms with Crippen molar-refractivity contribution in [2.45, 2.75) is 0 Å². The molecule has 1 aromatic heterocycles. The van der Waals surface area contributed by atoms with Gasteiger partial charge in [0.1, 0.15) is 5.69 Å². The fourth-order valence-electron chi connectivity index (χ4n) is 0.743. The topological polar surface area (TPSA) is 79.3 Å². The van der Waals surface area contributed by atoms with E-state index in [4.69, 9.17) is 5.11 Å². The first-order valence-corrected chi connectivity index (χ1v) is 5.48. The summed E-state index contributed by atoms with van der Waals surface area (Å²) in [5.41, 5.74) is 0.103. The van der Waals surface area contributed by atoms with E-state index in [0.717, 1.165) is 11.3 Å². The number of carboxylic acid groups (broad SMARTS) is 1. The van der Waals surface area contributed by atoms with Crippen molar-refractivity contribution in [1.82, 2.24) is 10.3 Å². The summed E-state index contributed by atoms with van der Waals surface area (Å²) in [6.45, 7) is 3.82. The molecule has 1 rings (SSSR count). The van der Waals surface area contributed by atoms with Crippen LogP contribution in [-0.4, -0.2) is 28.5 Å². The van der Waals surface area contributed by atoms with E-state index in [2.05, 4.69) is 32.8 Å². The summed E-state index contributed by atoms with van der Waals surface area (Å²) >= 11 is 4.00. The predicted molar refractivity (Wildman–Crippen MR) is 59.5 cm³/mol. The first-order valence-electron chi connectivity index (χ1n) is 3.81. The molecule has 0 aliphatic heterocycles. The Morgan fingerprint density at radius 3 is 2.80 bits per heavy atom. The zero-order valence-corrected chi connectivity index (χ0v) is 9.89. The maximum atomic E-state index is 11.4. The number of nitrogens with one attached hydrogen (secondary N) is 1. The largest absolute Gasteiger partial charge is 0.476 e. The number of halogens is 1. The van der Waals surface area contributed by atoms with Gasteiger partial charge in [0.2, 0.25) is 5.01 Å². The van der Waals surface area contributed by atoms with Gasteiger partial charge in [0, 0.05) is 16.4 Å². The summed E-state index contributed by atoms with van der Waals surface area (Å²) < 4.78 is 0.629. The van der Waals surface area contributed by atoms with Crippen LogP contribution in [0.3, 0.4) is 0 Å². The molecule has 0 aliphatic carbocycles. The van der Waals surface area contributed by atoms with E-state index in [-0.39, 0.29) is 17.2 Å². The van der Waals surface area contributed by atoms with Gasteiger partial charge in [-0.15, -0.1) is 11.3 Å². The molecule has 2 N–H and O–H groups in total. The summed E-state index contributed by atoms with van der Waals surface area (Å²) in [6.07, 6.45) is 0. The van der Waals surface area contributed by atoms with Crippen molar-refractivity contribution >= 4 is 39.1 Å². The molecule has 15 heavy (non-hydrogen) atoms. The van der Waals surface area contributed by atoms with E-state index < -0.39 is 11.9 Å². The van der Waals surface area contributed by atoms with Gasteiger partial charge in [-0.1, -0.05) is 22.5 Å². The first kappa shape index (κ1) is 11.9. The second-order valence-corrected chi connectivity index (χ2v) is 4.52. The van der Waals surface area contributed by atoms with Crippen molar-refractivity contribution < 1.29 is 14.7 Å². The number of hydrogen-bond donors (Lipinski definition) is 2. The van der Waals surface area contributed by atoms with Crippen molar-refractivity contribution in [3.8, 4) is 0 Å². The van der Waals surface area contributed by atoms with Crippen molar-refractivity contribution in [3.63, 3.8) is 0 Å². The monoisotopic (exact) mass is 290 g/mol. The number of carbonyl (C=O) groups is 2. The van der Waals surface area contributed by atoms with Crippen LogP contribution in [0.4, 0.5) is 0 Å². The molecule has 5 nitrogen and oxygen atoms in total. The van der Waals surface area contributed by atoms with Gasteiger partial charge < -0.3 is 10.4 Å². The number of nitrogens with zero attached hydrogens (tertiary/aromatic N) is 1. The number of amides is 1. The minimum Gasteiger partial charge on any atom is -0.476 e. The van der Waals surface area contributed by atoms with Crippen LogP contribution in [-0.2, 0) is 0 Å². The molecule has 0 radical (unpaired) electrons. The lowest BCUT2D eigenvalue weighted by Gasteiger charge is -1.99. The zero-order chi connectivity index (χ0) is 11.4. The molecule has 1 heterocycles. The van der Waals surface area contributed by atoms with E-state index >= 15 is 0 Å². The van der Waals surface area contributed by atoms with Gasteiger partial charge in [-0.3, -0.25) is 4.79 Å². The summed E-state index contributed by atoms with van der Waals surface area (Å²) in [6, 6.07) is 0. The van der Waals surface area contributed by atoms with Gasteiger partial charge in [0.25, 0.3) is 5.91 Å². The van der Waals surface area contributed by atoms with Crippen LogP contribution in [0.2, 0.25) is 0 Å². The highest BCUT2D eigenvalue weighted by molar-refractivity contribution is 9.11. The third-order valence-electron chi connectivity index (χ3n) is 1.36. The Labute approximate surface area is 98.0 Å². The fourth-order valence-corrected chi connectivity index (χ4v) is 1.52. The van der Waals surface area contributed by atoms with E-state index in [9.17, 15) is 9.59 Å². The fraction of sp³-hybridized carbons (Fsp3) is 0.125. The normalized spacial score (nSPS) is 9.67. The van der Waals surface area contributed by atoms with Crippen LogP contribution < -0.4 is 5.32 Å². The van der Waals surface area contributed by atoms with E-state index in [1.165, 1.54) is 5.38 Å². The molecule has 7 heteroatoms. The van der Waals surface area contributed by atoms with Crippen molar-refractivity contribution in [1.29, 1.82) is 0 Å². The summed E-state index contributed by atoms with van der Waals surface area (Å²) in [7, 11) is 0. The Hall–Kier alpha value is -1.21. The molecule has 1 aromatic rings. The smallest absolute Gasteiger partial charge is 0.365 e. The minimum atomic E-state index is -1.14. The number of carboxylic acids is 1.